The largest absolute Gasteiger partial charge is 0.361 e. The molecule has 0 aromatic carbocycles. The van der Waals surface area contributed by atoms with E-state index in [1.165, 1.54) is 43.9 Å². The Balaban J connectivity index is 1.54. The number of nitrogens with zero attached hydrogens (tertiary/aromatic N) is 2. The van der Waals surface area contributed by atoms with Crippen molar-refractivity contribution in [1.29, 1.82) is 0 Å². The molecule has 3 nitrogen and oxygen atoms in total. The minimum absolute atomic E-state index is 0.655. The maximum atomic E-state index is 4.69. The smallest absolute Gasteiger partial charge is 0.157 e. The van der Waals surface area contributed by atoms with Crippen LogP contribution in [0, 0.1) is 5.92 Å². The summed E-state index contributed by atoms with van der Waals surface area (Å²) in [5.74, 6) is 0.729. The third-order valence-electron chi connectivity index (χ3n) is 4.59. The van der Waals surface area contributed by atoms with E-state index in [9.17, 15) is 0 Å². The first kappa shape index (κ1) is 12.8. The summed E-state index contributed by atoms with van der Waals surface area (Å²) in [5, 5.41) is 5.64. The average molecular weight is 267 g/mol. The highest BCUT2D eigenvalue weighted by Crippen LogP contribution is 2.30. The summed E-state index contributed by atoms with van der Waals surface area (Å²) in [7, 11) is 0. The number of hydrogen-bond donors (Lipinski definition) is 1. The Labute approximate surface area is 115 Å². The van der Waals surface area contributed by atoms with Crippen LogP contribution in [0.2, 0.25) is 0 Å². The molecule has 0 aromatic rings. The number of hydrogen-bond acceptors (Lipinski definition) is 4. The summed E-state index contributed by atoms with van der Waals surface area (Å²) in [6.45, 7) is 8.21. The summed E-state index contributed by atoms with van der Waals surface area (Å²) in [6.07, 6.45) is 5.49. The molecule has 2 fully saturated rings. The zero-order valence-corrected chi connectivity index (χ0v) is 12.4. The second-order valence-corrected chi connectivity index (χ2v) is 7.41. The van der Waals surface area contributed by atoms with Gasteiger partial charge in [0.15, 0.2) is 5.17 Å². The number of rotatable bonds is 2. The minimum atomic E-state index is 0.655. The van der Waals surface area contributed by atoms with Gasteiger partial charge in [-0.25, -0.2) is 0 Å². The normalized spacial score (nSPS) is 36.8. The Morgan fingerprint density at radius 1 is 1.28 bits per heavy atom. The van der Waals surface area contributed by atoms with Crippen molar-refractivity contribution in [3.63, 3.8) is 0 Å². The molecule has 0 amide bonds. The number of piperidine rings is 1. The average Bonchev–Trinajstić information content (AvgIpc) is 2.98. The van der Waals surface area contributed by atoms with Crippen molar-refractivity contribution in [1.82, 2.24) is 10.2 Å². The molecular formula is C14H25N3S. The van der Waals surface area contributed by atoms with E-state index in [0.717, 1.165) is 18.5 Å². The van der Waals surface area contributed by atoms with E-state index in [0.29, 0.717) is 11.3 Å². The predicted octanol–water partition coefficient (Wildman–Crippen LogP) is 2.33. The monoisotopic (exact) mass is 267 g/mol. The van der Waals surface area contributed by atoms with Crippen LogP contribution in [0.15, 0.2) is 4.99 Å². The Kier molecular flexibility index (Phi) is 3.85. The van der Waals surface area contributed by atoms with Crippen LogP contribution in [0.5, 0.6) is 0 Å². The molecule has 3 aliphatic rings. The molecule has 102 valence electrons. The number of aliphatic imine (C=N–C) groups is 1. The standard InChI is InChI=1S/C14H25N3S/c1-10(2)13-9-15-14(18-13)16-11-6-8-17-7-4-3-5-12(11)17/h10-13H,3-9H2,1-2H3,(H,15,16). The Bertz CT molecular complexity index is 329. The lowest BCUT2D eigenvalue weighted by atomic mass is 9.99. The highest BCUT2D eigenvalue weighted by atomic mass is 32.2. The highest BCUT2D eigenvalue weighted by Gasteiger charge is 2.36. The van der Waals surface area contributed by atoms with Gasteiger partial charge in [0, 0.05) is 23.9 Å². The molecule has 0 bridgehead atoms. The number of thioether (sulfide) groups is 1. The third-order valence-corrected chi connectivity index (χ3v) is 6.05. The molecule has 0 radical (unpaired) electrons. The lowest BCUT2D eigenvalue weighted by Gasteiger charge is -2.32. The lowest BCUT2D eigenvalue weighted by Crippen LogP contribution is -2.46. The molecule has 3 heterocycles. The molecule has 3 aliphatic heterocycles. The molecule has 4 heteroatoms. The van der Waals surface area contributed by atoms with Crippen molar-refractivity contribution in [2.45, 2.75) is 56.9 Å². The molecule has 0 saturated carbocycles. The zero-order valence-electron chi connectivity index (χ0n) is 11.6. The van der Waals surface area contributed by atoms with Gasteiger partial charge in [-0.1, -0.05) is 32.0 Å². The predicted molar refractivity (Wildman–Crippen MR) is 79.3 cm³/mol. The van der Waals surface area contributed by atoms with E-state index in [1.54, 1.807) is 0 Å². The van der Waals surface area contributed by atoms with Gasteiger partial charge in [-0.15, -0.1) is 0 Å². The second-order valence-electron chi connectivity index (χ2n) is 6.18. The Morgan fingerprint density at radius 3 is 2.94 bits per heavy atom. The van der Waals surface area contributed by atoms with Gasteiger partial charge in [-0.3, -0.25) is 9.89 Å². The Morgan fingerprint density at radius 2 is 2.17 bits per heavy atom. The van der Waals surface area contributed by atoms with Crippen LogP contribution in [-0.4, -0.2) is 47.0 Å². The Hall–Kier alpha value is -0.220. The molecular weight excluding hydrogens is 242 g/mol. The van der Waals surface area contributed by atoms with Crippen molar-refractivity contribution < 1.29 is 0 Å². The van der Waals surface area contributed by atoms with Crippen LogP contribution in [-0.2, 0) is 0 Å². The van der Waals surface area contributed by atoms with Gasteiger partial charge in [-0.2, -0.15) is 0 Å². The van der Waals surface area contributed by atoms with Crippen molar-refractivity contribution in [3.8, 4) is 0 Å². The van der Waals surface area contributed by atoms with E-state index in [2.05, 4.69) is 29.1 Å². The van der Waals surface area contributed by atoms with E-state index < -0.39 is 0 Å². The van der Waals surface area contributed by atoms with E-state index in [1.807, 2.05) is 11.8 Å². The van der Waals surface area contributed by atoms with Gasteiger partial charge in [0.1, 0.15) is 0 Å². The molecule has 3 atom stereocenters. The fourth-order valence-electron chi connectivity index (χ4n) is 3.39. The van der Waals surface area contributed by atoms with Crippen molar-refractivity contribution in [3.05, 3.63) is 0 Å². The van der Waals surface area contributed by atoms with Crippen LogP contribution in [0.25, 0.3) is 0 Å². The van der Waals surface area contributed by atoms with Gasteiger partial charge in [0.25, 0.3) is 0 Å². The van der Waals surface area contributed by atoms with E-state index >= 15 is 0 Å². The summed E-state index contributed by atoms with van der Waals surface area (Å²) in [5.41, 5.74) is 0. The molecule has 0 spiro atoms. The molecule has 0 aromatic heterocycles. The van der Waals surface area contributed by atoms with Crippen molar-refractivity contribution in [2.75, 3.05) is 19.6 Å². The van der Waals surface area contributed by atoms with E-state index in [4.69, 9.17) is 0 Å². The van der Waals surface area contributed by atoms with Crippen LogP contribution in [0.4, 0.5) is 0 Å². The molecule has 3 rings (SSSR count). The summed E-state index contributed by atoms with van der Waals surface area (Å²) >= 11 is 1.97. The third kappa shape index (κ3) is 2.55. The fourth-order valence-corrected chi connectivity index (χ4v) is 4.47. The van der Waals surface area contributed by atoms with Crippen LogP contribution >= 0.6 is 11.8 Å². The molecule has 2 saturated heterocycles. The molecule has 18 heavy (non-hydrogen) atoms. The summed E-state index contributed by atoms with van der Waals surface area (Å²) < 4.78 is 0. The number of nitrogens with one attached hydrogen (secondary N) is 1. The fraction of sp³-hybridized carbons (Fsp3) is 0.929. The van der Waals surface area contributed by atoms with Gasteiger partial charge in [0.05, 0.1) is 6.54 Å². The topological polar surface area (TPSA) is 27.6 Å². The molecule has 0 aliphatic carbocycles. The first-order chi connectivity index (χ1) is 8.74. The van der Waals surface area contributed by atoms with Crippen molar-refractivity contribution >= 4 is 16.9 Å². The quantitative estimate of drug-likeness (QED) is 0.832. The maximum absolute atomic E-state index is 4.69. The van der Waals surface area contributed by atoms with Crippen LogP contribution in [0.1, 0.15) is 39.5 Å². The SMILES string of the molecule is CC(C)C1CN=C(NC2CCN3CCCCC23)S1. The van der Waals surface area contributed by atoms with Crippen LogP contribution in [0.3, 0.4) is 0 Å². The van der Waals surface area contributed by atoms with Gasteiger partial charge in [-0.05, 0) is 31.7 Å². The zero-order chi connectivity index (χ0) is 12.5. The van der Waals surface area contributed by atoms with Gasteiger partial charge in [0.2, 0.25) is 0 Å². The van der Waals surface area contributed by atoms with Crippen LogP contribution < -0.4 is 5.32 Å². The maximum Gasteiger partial charge on any atom is 0.157 e. The number of fused-ring (bicyclic) bond motifs is 1. The van der Waals surface area contributed by atoms with Crippen molar-refractivity contribution in [2.24, 2.45) is 10.9 Å². The molecule has 3 unspecified atom stereocenters. The first-order valence-corrected chi connectivity index (χ1v) is 8.33. The van der Waals surface area contributed by atoms with Gasteiger partial charge >= 0.3 is 0 Å². The van der Waals surface area contributed by atoms with E-state index in [-0.39, 0.29) is 0 Å². The lowest BCUT2D eigenvalue weighted by molar-refractivity contribution is 0.185. The first-order valence-electron chi connectivity index (χ1n) is 7.46. The second kappa shape index (κ2) is 5.41. The summed E-state index contributed by atoms with van der Waals surface area (Å²) in [6, 6.07) is 1.43. The highest BCUT2D eigenvalue weighted by molar-refractivity contribution is 8.14. The molecule has 1 N–H and O–H groups in total. The minimum Gasteiger partial charge on any atom is -0.361 e. The number of amidine groups is 1. The summed E-state index contributed by atoms with van der Waals surface area (Å²) in [4.78, 5) is 7.37. The van der Waals surface area contributed by atoms with Gasteiger partial charge < -0.3 is 5.32 Å².